The van der Waals surface area contributed by atoms with E-state index in [1.54, 1.807) is 0 Å². The monoisotopic (exact) mass is 207 g/mol. The number of hydrogen-bond donors (Lipinski definition) is 2. The van der Waals surface area contributed by atoms with Crippen LogP contribution in [-0.2, 0) is 11.2 Å². The summed E-state index contributed by atoms with van der Waals surface area (Å²) >= 11 is 0. The number of piperazine rings is 1. The van der Waals surface area contributed by atoms with Crippen LogP contribution in [0.4, 0.5) is 0 Å². The molecule has 2 rings (SSSR count). The van der Waals surface area contributed by atoms with E-state index in [1.165, 1.54) is 0 Å². The van der Waals surface area contributed by atoms with Gasteiger partial charge in [-0.05, 0) is 18.6 Å². The van der Waals surface area contributed by atoms with E-state index < -0.39 is 0 Å². The van der Waals surface area contributed by atoms with Crippen molar-refractivity contribution in [2.75, 3.05) is 26.2 Å². The summed E-state index contributed by atoms with van der Waals surface area (Å²) in [4.78, 5) is 16.9. The van der Waals surface area contributed by atoms with Crippen molar-refractivity contribution < 1.29 is 4.79 Å². The molecule has 0 unspecified atom stereocenters. The molecule has 0 bridgehead atoms. The lowest BCUT2D eigenvalue weighted by Crippen LogP contribution is -2.46. The summed E-state index contributed by atoms with van der Waals surface area (Å²) in [5.41, 5.74) is 2.19. The predicted octanol–water partition coefficient (Wildman–Crippen LogP) is 0.297. The van der Waals surface area contributed by atoms with E-state index in [9.17, 15) is 4.79 Å². The maximum atomic E-state index is 11.9. The van der Waals surface area contributed by atoms with Crippen LogP contribution in [0.3, 0.4) is 0 Å². The zero-order valence-electron chi connectivity index (χ0n) is 9.05. The molecule has 0 saturated carbocycles. The topological polar surface area (TPSA) is 48.1 Å². The van der Waals surface area contributed by atoms with Gasteiger partial charge in [0, 0.05) is 38.1 Å². The predicted molar refractivity (Wildman–Crippen MR) is 58.7 cm³/mol. The first kappa shape index (κ1) is 10.2. The molecule has 15 heavy (non-hydrogen) atoms. The lowest BCUT2D eigenvalue weighted by Gasteiger charge is -2.27. The first-order valence-electron chi connectivity index (χ1n) is 5.38. The number of aromatic amines is 1. The van der Waals surface area contributed by atoms with Crippen molar-refractivity contribution in [3.8, 4) is 0 Å². The van der Waals surface area contributed by atoms with Crippen LogP contribution in [0.5, 0.6) is 0 Å². The van der Waals surface area contributed by atoms with E-state index in [1.807, 2.05) is 24.1 Å². The number of rotatable bonds is 2. The number of H-pyrrole nitrogens is 1. The van der Waals surface area contributed by atoms with Crippen LogP contribution in [0, 0.1) is 6.92 Å². The van der Waals surface area contributed by atoms with Crippen LogP contribution in [0.2, 0.25) is 0 Å². The highest BCUT2D eigenvalue weighted by atomic mass is 16.2. The molecule has 1 aromatic heterocycles. The Morgan fingerprint density at radius 3 is 2.80 bits per heavy atom. The Labute approximate surface area is 89.7 Å². The normalized spacial score (nSPS) is 16.7. The minimum atomic E-state index is 0.232. The van der Waals surface area contributed by atoms with Gasteiger partial charge in [-0.1, -0.05) is 0 Å². The van der Waals surface area contributed by atoms with Gasteiger partial charge in [-0.3, -0.25) is 4.79 Å². The van der Waals surface area contributed by atoms with Gasteiger partial charge in [0.2, 0.25) is 5.91 Å². The van der Waals surface area contributed by atoms with Gasteiger partial charge in [-0.2, -0.15) is 0 Å². The van der Waals surface area contributed by atoms with Gasteiger partial charge < -0.3 is 15.2 Å². The Kier molecular flexibility index (Phi) is 3.06. The Morgan fingerprint density at radius 1 is 1.47 bits per heavy atom. The fraction of sp³-hybridized carbons (Fsp3) is 0.545. The minimum absolute atomic E-state index is 0.232. The van der Waals surface area contributed by atoms with Crippen LogP contribution >= 0.6 is 0 Å². The molecule has 1 fully saturated rings. The van der Waals surface area contributed by atoms with Gasteiger partial charge in [0.05, 0.1) is 6.42 Å². The molecule has 1 amide bonds. The Morgan fingerprint density at radius 2 is 2.20 bits per heavy atom. The fourth-order valence-electron chi connectivity index (χ4n) is 1.87. The summed E-state index contributed by atoms with van der Waals surface area (Å²) in [5.74, 6) is 0.232. The molecular weight excluding hydrogens is 190 g/mol. The second-order valence-electron chi connectivity index (χ2n) is 4.00. The van der Waals surface area contributed by atoms with Crippen molar-refractivity contribution in [3.63, 3.8) is 0 Å². The molecule has 2 heterocycles. The highest BCUT2D eigenvalue weighted by molar-refractivity contribution is 5.78. The number of amides is 1. The Balaban J connectivity index is 1.91. The number of nitrogens with zero attached hydrogens (tertiary/aromatic N) is 1. The Hall–Kier alpha value is -1.29. The number of aromatic nitrogens is 1. The zero-order valence-corrected chi connectivity index (χ0v) is 9.05. The zero-order chi connectivity index (χ0) is 10.7. The van der Waals surface area contributed by atoms with E-state index in [0.29, 0.717) is 6.42 Å². The van der Waals surface area contributed by atoms with Gasteiger partial charge in [0.1, 0.15) is 0 Å². The maximum absolute atomic E-state index is 11.9. The van der Waals surface area contributed by atoms with E-state index in [-0.39, 0.29) is 5.91 Å². The fourth-order valence-corrected chi connectivity index (χ4v) is 1.87. The van der Waals surface area contributed by atoms with E-state index in [0.717, 1.165) is 37.4 Å². The summed E-state index contributed by atoms with van der Waals surface area (Å²) in [6.45, 7) is 5.50. The molecule has 0 aromatic carbocycles. The van der Waals surface area contributed by atoms with E-state index >= 15 is 0 Å². The van der Waals surface area contributed by atoms with Crippen molar-refractivity contribution in [1.29, 1.82) is 0 Å². The maximum Gasteiger partial charge on any atom is 0.227 e. The van der Waals surface area contributed by atoms with Gasteiger partial charge in [-0.15, -0.1) is 0 Å². The minimum Gasteiger partial charge on any atom is -0.365 e. The molecule has 0 atom stereocenters. The molecule has 0 spiro atoms. The molecule has 0 radical (unpaired) electrons. The van der Waals surface area contributed by atoms with Gasteiger partial charge in [-0.25, -0.2) is 0 Å². The highest BCUT2D eigenvalue weighted by Gasteiger charge is 2.16. The van der Waals surface area contributed by atoms with Gasteiger partial charge in [0.15, 0.2) is 0 Å². The largest absolute Gasteiger partial charge is 0.365 e. The first-order valence-corrected chi connectivity index (χ1v) is 5.38. The summed E-state index contributed by atoms with van der Waals surface area (Å²) in [7, 11) is 0. The second-order valence-corrected chi connectivity index (χ2v) is 4.00. The lowest BCUT2D eigenvalue weighted by molar-refractivity contribution is -0.131. The quantitative estimate of drug-likeness (QED) is 0.732. The number of nitrogens with one attached hydrogen (secondary N) is 2. The standard InChI is InChI=1S/C11H17N3O/c1-9-6-10(8-13-9)7-11(15)14-4-2-12-3-5-14/h6,8,12-13H,2-5,7H2,1H3. The molecule has 1 aliphatic heterocycles. The SMILES string of the molecule is Cc1cc(CC(=O)N2CCNCC2)c[nH]1. The molecule has 0 aliphatic carbocycles. The second kappa shape index (κ2) is 4.49. The van der Waals surface area contributed by atoms with Crippen LogP contribution in [0.15, 0.2) is 12.3 Å². The van der Waals surface area contributed by atoms with Crippen molar-refractivity contribution in [2.24, 2.45) is 0 Å². The summed E-state index contributed by atoms with van der Waals surface area (Å²) in [6.07, 6.45) is 2.43. The third kappa shape index (κ3) is 2.59. The number of carbonyl (C=O) groups is 1. The van der Waals surface area contributed by atoms with Crippen molar-refractivity contribution >= 4 is 5.91 Å². The molecule has 1 aliphatic rings. The summed E-state index contributed by atoms with van der Waals surface area (Å²) in [5, 5.41) is 3.24. The molecule has 4 heteroatoms. The number of aryl methyl sites for hydroxylation is 1. The van der Waals surface area contributed by atoms with Crippen LogP contribution in [-0.4, -0.2) is 42.0 Å². The molecule has 4 nitrogen and oxygen atoms in total. The third-order valence-electron chi connectivity index (χ3n) is 2.71. The van der Waals surface area contributed by atoms with Crippen molar-refractivity contribution in [3.05, 3.63) is 23.5 Å². The smallest absolute Gasteiger partial charge is 0.227 e. The van der Waals surface area contributed by atoms with Gasteiger partial charge in [0.25, 0.3) is 0 Å². The molecule has 1 saturated heterocycles. The van der Waals surface area contributed by atoms with Crippen molar-refractivity contribution in [1.82, 2.24) is 15.2 Å². The summed E-state index contributed by atoms with van der Waals surface area (Å²) in [6, 6.07) is 2.03. The molecule has 2 N–H and O–H groups in total. The van der Waals surface area contributed by atoms with Crippen LogP contribution in [0.1, 0.15) is 11.3 Å². The summed E-state index contributed by atoms with van der Waals surface area (Å²) < 4.78 is 0. The molecular formula is C11H17N3O. The van der Waals surface area contributed by atoms with E-state index in [2.05, 4.69) is 10.3 Å². The third-order valence-corrected chi connectivity index (χ3v) is 2.71. The lowest BCUT2D eigenvalue weighted by atomic mass is 10.2. The van der Waals surface area contributed by atoms with Gasteiger partial charge >= 0.3 is 0 Å². The number of hydrogen-bond acceptors (Lipinski definition) is 2. The average Bonchev–Trinajstić information content (AvgIpc) is 2.65. The molecule has 82 valence electrons. The average molecular weight is 207 g/mol. The number of carbonyl (C=O) groups excluding carboxylic acids is 1. The van der Waals surface area contributed by atoms with E-state index in [4.69, 9.17) is 0 Å². The van der Waals surface area contributed by atoms with Crippen LogP contribution in [0.25, 0.3) is 0 Å². The highest BCUT2D eigenvalue weighted by Crippen LogP contribution is 2.05. The molecule has 1 aromatic rings. The Bertz CT molecular complexity index is 339. The van der Waals surface area contributed by atoms with Crippen LogP contribution < -0.4 is 5.32 Å². The van der Waals surface area contributed by atoms with Crippen molar-refractivity contribution in [2.45, 2.75) is 13.3 Å². The first-order chi connectivity index (χ1) is 7.25.